The van der Waals surface area contributed by atoms with Crippen molar-refractivity contribution in [2.24, 2.45) is 5.73 Å². The number of ether oxygens (including phenoxy) is 2. The van der Waals surface area contributed by atoms with Gasteiger partial charge < -0.3 is 25.6 Å². The van der Waals surface area contributed by atoms with Gasteiger partial charge in [0, 0.05) is 46.4 Å². The van der Waals surface area contributed by atoms with E-state index in [-0.39, 0.29) is 58.6 Å². The van der Waals surface area contributed by atoms with Gasteiger partial charge in [0.05, 0.1) is 24.9 Å². The number of aliphatic hydroxyl groups is 1. The molecule has 4 N–H and O–H groups in total. The number of benzene rings is 2. The number of nitrogens with two attached hydrogens (primary N) is 1. The number of pyridine rings is 2. The standard InChI is InChI=1S/C34H27F7N4O5/c35-20-6-3-17(4-7-20)28-29-23(19(15-49-29)13-27(42)46)14-26(45-28)32(48,34(39,40)41)16-44-31(47)18-5-10-25(50-21-8-9-21)24(12-18)22-2-1-11-43-30(22)33(36,37)38/h1-7,10-12,14,19,21,48H,8-9,13,15-16H2,(H2,42,46)(H,44,47)/t19-,32+/m1/s1. The first-order chi connectivity index (χ1) is 23.5. The van der Waals surface area contributed by atoms with E-state index in [0.29, 0.717) is 12.8 Å². The number of halogens is 7. The van der Waals surface area contributed by atoms with Crippen molar-refractivity contribution in [2.45, 2.75) is 49.2 Å². The van der Waals surface area contributed by atoms with Gasteiger partial charge in [0.25, 0.3) is 5.91 Å². The highest BCUT2D eigenvalue weighted by atomic mass is 19.4. The highest BCUT2D eigenvalue weighted by molar-refractivity contribution is 5.96. The largest absolute Gasteiger partial charge is 0.490 e. The van der Waals surface area contributed by atoms with Crippen molar-refractivity contribution in [3.8, 4) is 33.9 Å². The molecule has 50 heavy (non-hydrogen) atoms. The molecule has 2 aromatic heterocycles. The zero-order valence-corrected chi connectivity index (χ0v) is 25.7. The molecule has 2 aromatic carbocycles. The molecular formula is C34H27F7N4O5. The summed E-state index contributed by atoms with van der Waals surface area (Å²) in [6.07, 6.45) is -8.64. The van der Waals surface area contributed by atoms with Crippen LogP contribution in [0.5, 0.6) is 11.5 Å². The van der Waals surface area contributed by atoms with Crippen LogP contribution in [0.15, 0.2) is 66.9 Å². The maximum Gasteiger partial charge on any atom is 0.433 e. The normalized spacial score (nSPS) is 17.0. The average Bonchev–Trinajstić information content (AvgIpc) is 3.80. The van der Waals surface area contributed by atoms with Gasteiger partial charge in [-0.2, -0.15) is 26.3 Å². The van der Waals surface area contributed by atoms with Crippen LogP contribution in [0.4, 0.5) is 30.7 Å². The number of primary amides is 1. The van der Waals surface area contributed by atoms with Crippen molar-refractivity contribution in [2.75, 3.05) is 13.2 Å². The smallest absolute Gasteiger partial charge is 0.433 e. The second kappa shape index (κ2) is 12.9. The first-order valence-corrected chi connectivity index (χ1v) is 15.2. The van der Waals surface area contributed by atoms with E-state index >= 15 is 0 Å². The number of alkyl halides is 6. The van der Waals surface area contributed by atoms with E-state index in [1.807, 2.05) is 5.32 Å². The van der Waals surface area contributed by atoms with Crippen LogP contribution < -0.4 is 20.5 Å². The number of amides is 2. The second-order valence-corrected chi connectivity index (χ2v) is 11.9. The minimum atomic E-state index is -5.45. The highest BCUT2D eigenvalue weighted by Crippen LogP contribution is 2.47. The molecule has 16 heteroatoms. The van der Waals surface area contributed by atoms with Gasteiger partial charge in [0.1, 0.15) is 23.0 Å². The molecular weight excluding hydrogens is 677 g/mol. The number of fused-ring (bicyclic) bond motifs is 1. The lowest BCUT2D eigenvalue weighted by Gasteiger charge is -2.31. The fraction of sp³-hybridized carbons (Fsp3) is 0.294. The van der Waals surface area contributed by atoms with E-state index in [1.54, 1.807) is 0 Å². The predicted molar refractivity (Wildman–Crippen MR) is 162 cm³/mol. The quantitative estimate of drug-likeness (QED) is 0.171. The van der Waals surface area contributed by atoms with Crippen LogP contribution >= 0.6 is 0 Å². The van der Waals surface area contributed by atoms with Crippen molar-refractivity contribution in [1.29, 1.82) is 0 Å². The molecule has 1 aliphatic carbocycles. The Hall–Kier alpha value is -5.25. The number of hydrogen-bond acceptors (Lipinski definition) is 7. The molecule has 0 spiro atoms. The minimum absolute atomic E-state index is 0.00910. The average molecular weight is 705 g/mol. The molecule has 1 saturated carbocycles. The minimum Gasteiger partial charge on any atom is -0.490 e. The van der Waals surface area contributed by atoms with Gasteiger partial charge in [0.15, 0.2) is 5.69 Å². The molecule has 2 atom stereocenters. The Morgan fingerprint density at radius 3 is 2.36 bits per heavy atom. The van der Waals surface area contributed by atoms with Gasteiger partial charge >= 0.3 is 12.4 Å². The number of hydrogen-bond donors (Lipinski definition) is 3. The molecule has 1 fully saturated rings. The lowest BCUT2D eigenvalue weighted by atomic mass is 9.90. The van der Waals surface area contributed by atoms with Gasteiger partial charge in [-0.15, -0.1) is 0 Å². The molecule has 262 valence electrons. The zero-order chi connectivity index (χ0) is 36.0. The van der Waals surface area contributed by atoms with E-state index in [2.05, 4.69) is 9.97 Å². The molecule has 1 aliphatic heterocycles. The van der Waals surface area contributed by atoms with E-state index < -0.39 is 65.0 Å². The van der Waals surface area contributed by atoms with Crippen LogP contribution in [0.3, 0.4) is 0 Å². The third-order valence-electron chi connectivity index (χ3n) is 8.26. The SMILES string of the molecule is NC(=O)C[C@@H]1COc2c1cc([C@@](O)(CNC(=O)c1ccc(OC3CC3)c(-c3cccnc3C(F)(F)F)c1)C(F)(F)F)nc2-c1ccc(F)cc1. The summed E-state index contributed by atoms with van der Waals surface area (Å²) in [5.41, 5.74) is -1.62. The molecule has 0 radical (unpaired) electrons. The Morgan fingerprint density at radius 2 is 1.72 bits per heavy atom. The second-order valence-electron chi connectivity index (χ2n) is 11.9. The Balaban J connectivity index is 1.37. The van der Waals surface area contributed by atoms with E-state index in [1.165, 1.54) is 30.3 Å². The van der Waals surface area contributed by atoms with Crippen LogP contribution in [-0.4, -0.2) is 52.3 Å². The number of aromatic nitrogens is 2. The molecule has 0 unspecified atom stereocenters. The first-order valence-electron chi connectivity index (χ1n) is 15.2. The molecule has 3 heterocycles. The molecule has 9 nitrogen and oxygen atoms in total. The topological polar surface area (TPSA) is 137 Å². The molecule has 2 amide bonds. The van der Waals surface area contributed by atoms with Crippen molar-refractivity contribution < 1.29 is 54.9 Å². The third kappa shape index (κ3) is 6.92. The van der Waals surface area contributed by atoms with Crippen LogP contribution in [0.1, 0.15) is 52.5 Å². The van der Waals surface area contributed by atoms with Crippen LogP contribution in [-0.2, 0) is 16.6 Å². The Kier molecular flexibility index (Phi) is 8.92. The molecule has 6 rings (SSSR count). The van der Waals surface area contributed by atoms with E-state index in [4.69, 9.17) is 15.2 Å². The summed E-state index contributed by atoms with van der Waals surface area (Å²) in [7, 11) is 0. The lowest BCUT2D eigenvalue weighted by molar-refractivity contribution is -0.265. The van der Waals surface area contributed by atoms with Gasteiger partial charge in [0.2, 0.25) is 11.5 Å². The zero-order valence-electron chi connectivity index (χ0n) is 25.7. The number of nitrogens with one attached hydrogen (secondary N) is 1. The molecule has 2 aliphatic rings. The van der Waals surface area contributed by atoms with Crippen molar-refractivity contribution >= 4 is 11.8 Å². The number of carbonyl (C=O) groups excluding carboxylic acids is 2. The van der Waals surface area contributed by atoms with Crippen LogP contribution in [0, 0.1) is 5.82 Å². The number of rotatable bonds is 10. The maximum atomic E-state index is 14.8. The van der Waals surface area contributed by atoms with Crippen LogP contribution in [0.25, 0.3) is 22.4 Å². The third-order valence-corrected chi connectivity index (χ3v) is 8.26. The number of carbonyl (C=O) groups is 2. The highest BCUT2D eigenvalue weighted by Gasteiger charge is 2.57. The van der Waals surface area contributed by atoms with Gasteiger partial charge in [-0.1, -0.05) is 6.07 Å². The van der Waals surface area contributed by atoms with E-state index in [0.717, 1.165) is 36.5 Å². The monoisotopic (exact) mass is 704 g/mol. The molecule has 0 saturated heterocycles. The first kappa shape index (κ1) is 34.6. The Labute approximate surface area is 279 Å². The predicted octanol–water partition coefficient (Wildman–Crippen LogP) is 6.04. The van der Waals surface area contributed by atoms with Gasteiger partial charge in [-0.25, -0.2) is 9.37 Å². The number of nitrogens with zero attached hydrogens (tertiary/aromatic N) is 2. The fourth-order valence-electron chi connectivity index (χ4n) is 5.55. The van der Waals surface area contributed by atoms with Gasteiger partial charge in [-0.05, 0) is 67.4 Å². The summed E-state index contributed by atoms with van der Waals surface area (Å²) >= 11 is 0. The van der Waals surface area contributed by atoms with Crippen LogP contribution in [0.2, 0.25) is 0 Å². The van der Waals surface area contributed by atoms with Crippen molar-refractivity contribution in [1.82, 2.24) is 15.3 Å². The summed E-state index contributed by atoms with van der Waals surface area (Å²) in [5.74, 6) is -3.36. The molecule has 0 bridgehead atoms. The fourth-order valence-corrected chi connectivity index (χ4v) is 5.55. The van der Waals surface area contributed by atoms with Crippen molar-refractivity contribution in [3.05, 3.63) is 95.2 Å². The summed E-state index contributed by atoms with van der Waals surface area (Å²) < 4.78 is 111. The summed E-state index contributed by atoms with van der Waals surface area (Å²) in [5, 5.41) is 13.3. The van der Waals surface area contributed by atoms with E-state index in [9.17, 15) is 45.4 Å². The van der Waals surface area contributed by atoms with Gasteiger partial charge in [-0.3, -0.25) is 14.6 Å². The summed E-state index contributed by atoms with van der Waals surface area (Å²) in [6.45, 7) is -1.63. The summed E-state index contributed by atoms with van der Waals surface area (Å²) in [6, 6.07) is 11.3. The lowest BCUT2D eigenvalue weighted by Crippen LogP contribution is -2.51. The summed E-state index contributed by atoms with van der Waals surface area (Å²) in [4.78, 5) is 32.6. The maximum absolute atomic E-state index is 14.8. The Bertz CT molecular complexity index is 1950. The van der Waals surface area contributed by atoms with Crippen molar-refractivity contribution in [3.63, 3.8) is 0 Å². The molecule has 4 aromatic rings. The Morgan fingerprint density at radius 1 is 1.00 bits per heavy atom.